The topological polar surface area (TPSA) is 48.1 Å². The highest BCUT2D eigenvalue weighted by molar-refractivity contribution is 5.69. The number of hydrogen-bond donors (Lipinski definition) is 0. The SMILES string of the molecule is CCOC(=O)CCCCCCCOCC1CO1. The summed E-state index contributed by atoms with van der Waals surface area (Å²) < 4.78 is 15.3. The van der Waals surface area contributed by atoms with Crippen molar-refractivity contribution in [2.24, 2.45) is 0 Å². The third-order valence-electron chi connectivity index (χ3n) is 2.68. The molecule has 1 aliphatic heterocycles. The largest absolute Gasteiger partial charge is 0.466 e. The van der Waals surface area contributed by atoms with Crippen LogP contribution in [0.4, 0.5) is 0 Å². The molecule has 0 N–H and O–H groups in total. The molecular weight excluding hydrogens is 220 g/mol. The zero-order valence-corrected chi connectivity index (χ0v) is 10.8. The van der Waals surface area contributed by atoms with Crippen molar-refractivity contribution in [1.82, 2.24) is 0 Å². The van der Waals surface area contributed by atoms with Crippen LogP contribution < -0.4 is 0 Å². The van der Waals surface area contributed by atoms with Crippen molar-refractivity contribution >= 4 is 5.97 Å². The van der Waals surface area contributed by atoms with E-state index in [2.05, 4.69) is 0 Å². The van der Waals surface area contributed by atoms with Gasteiger partial charge >= 0.3 is 5.97 Å². The van der Waals surface area contributed by atoms with Crippen LogP contribution in [0.3, 0.4) is 0 Å². The van der Waals surface area contributed by atoms with Gasteiger partial charge in [-0.2, -0.15) is 0 Å². The summed E-state index contributed by atoms with van der Waals surface area (Å²) in [4.78, 5) is 11.0. The lowest BCUT2D eigenvalue weighted by molar-refractivity contribution is -0.143. The summed E-state index contributed by atoms with van der Waals surface area (Å²) >= 11 is 0. The highest BCUT2D eigenvalue weighted by atomic mass is 16.6. The van der Waals surface area contributed by atoms with Crippen LogP contribution in [0.15, 0.2) is 0 Å². The van der Waals surface area contributed by atoms with Gasteiger partial charge in [-0.05, 0) is 19.8 Å². The summed E-state index contributed by atoms with van der Waals surface area (Å²) in [5.74, 6) is -0.0692. The minimum atomic E-state index is -0.0692. The zero-order valence-electron chi connectivity index (χ0n) is 10.8. The molecule has 1 heterocycles. The summed E-state index contributed by atoms with van der Waals surface area (Å²) in [6.45, 7) is 4.78. The fourth-order valence-electron chi connectivity index (χ4n) is 1.62. The minimum absolute atomic E-state index is 0.0692. The summed E-state index contributed by atoms with van der Waals surface area (Å²) in [6, 6.07) is 0. The highest BCUT2D eigenvalue weighted by Crippen LogP contribution is 2.10. The van der Waals surface area contributed by atoms with Crippen molar-refractivity contribution < 1.29 is 19.0 Å². The molecule has 0 aromatic rings. The monoisotopic (exact) mass is 244 g/mol. The van der Waals surface area contributed by atoms with E-state index >= 15 is 0 Å². The summed E-state index contributed by atoms with van der Waals surface area (Å²) in [6.07, 6.45) is 6.42. The maximum absolute atomic E-state index is 11.0. The van der Waals surface area contributed by atoms with E-state index < -0.39 is 0 Å². The molecule has 4 heteroatoms. The fourth-order valence-corrected chi connectivity index (χ4v) is 1.62. The molecule has 100 valence electrons. The lowest BCUT2D eigenvalue weighted by Crippen LogP contribution is -2.03. The molecule has 1 fully saturated rings. The van der Waals surface area contributed by atoms with Crippen LogP contribution in [0.5, 0.6) is 0 Å². The molecule has 1 unspecified atom stereocenters. The van der Waals surface area contributed by atoms with Crippen molar-refractivity contribution in [3.63, 3.8) is 0 Å². The van der Waals surface area contributed by atoms with Crippen LogP contribution in [0, 0.1) is 0 Å². The first kappa shape index (κ1) is 14.5. The van der Waals surface area contributed by atoms with Gasteiger partial charge in [0, 0.05) is 13.0 Å². The van der Waals surface area contributed by atoms with Crippen molar-refractivity contribution in [2.45, 2.75) is 51.6 Å². The summed E-state index contributed by atoms with van der Waals surface area (Å²) in [7, 11) is 0. The molecule has 0 saturated carbocycles. The lowest BCUT2D eigenvalue weighted by Gasteiger charge is -2.03. The molecule has 0 amide bonds. The molecule has 0 aromatic carbocycles. The quantitative estimate of drug-likeness (QED) is 0.318. The molecule has 0 aliphatic carbocycles. The number of carbonyl (C=O) groups excluding carboxylic acids is 1. The Balaban J connectivity index is 1.70. The summed E-state index contributed by atoms with van der Waals surface area (Å²) in [5, 5.41) is 0. The number of hydrogen-bond acceptors (Lipinski definition) is 4. The average molecular weight is 244 g/mol. The molecule has 0 spiro atoms. The van der Waals surface area contributed by atoms with Crippen LogP contribution in [-0.2, 0) is 19.0 Å². The van der Waals surface area contributed by atoms with E-state index in [9.17, 15) is 4.79 Å². The minimum Gasteiger partial charge on any atom is -0.466 e. The van der Waals surface area contributed by atoms with Crippen LogP contribution in [-0.4, -0.2) is 38.5 Å². The predicted molar refractivity (Wildman–Crippen MR) is 64.9 cm³/mol. The van der Waals surface area contributed by atoms with E-state index in [0.29, 0.717) is 19.1 Å². The number of ether oxygens (including phenoxy) is 3. The van der Waals surface area contributed by atoms with Gasteiger partial charge in [-0.1, -0.05) is 19.3 Å². The average Bonchev–Trinajstić information content (AvgIpc) is 3.11. The first-order chi connectivity index (χ1) is 8.33. The second kappa shape index (κ2) is 9.42. The van der Waals surface area contributed by atoms with Gasteiger partial charge in [-0.25, -0.2) is 0 Å². The third kappa shape index (κ3) is 9.12. The first-order valence-electron chi connectivity index (χ1n) is 6.68. The standard InChI is InChI=1S/C13H24O4/c1-2-16-13(14)8-6-4-3-5-7-9-15-10-12-11-17-12/h12H,2-11H2,1H3. The fraction of sp³-hybridized carbons (Fsp3) is 0.923. The third-order valence-corrected chi connectivity index (χ3v) is 2.68. The molecule has 0 aromatic heterocycles. The summed E-state index contributed by atoms with van der Waals surface area (Å²) in [5.41, 5.74) is 0. The van der Waals surface area contributed by atoms with Crippen molar-refractivity contribution in [2.75, 3.05) is 26.4 Å². The van der Waals surface area contributed by atoms with Crippen LogP contribution in [0.2, 0.25) is 0 Å². The Morgan fingerprint density at radius 3 is 2.65 bits per heavy atom. The highest BCUT2D eigenvalue weighted by Gasteiger charge is 2.21. The molecule has 1 rings (SSSR count). The molecule has 17 heavy (non-hydrogen) atoms. The van der Waals surface area contributed by atoms with Crippen molar-refractivity contribution in [3.05, 3.63) is 0 Å². The molecule has 1 saturated heterocycles. The zero-order chi connectivity index (χ0) is 12.3. The molecular formula is C13H24O4. The first-order valence-corrected chi connectivity index (χ1v) is 6.68. The second-order valence-electron chi connectivity index (χ2n) is 4.35. The lowest BCUT2D eigenvalue weighted by atomic mass is 10.1. The van der Waals surface area contributed by atoms with Crippen LogP contribution in [0.25, 0.3) is 0 Å². The van der Waals surface area contributed by atoms with E-state index in [4.69, 9.17) is 14.2 Å². The Labute approximate surface area is 104 Å². The van der Waals surface area contributed by atoms with E-state index in [0.717, 1.165) is 39.1 Å². The smallest absolute Gasteiger partial charge is 0.305 e. The number of rotatable bonds is 11. The van der Waals surface area contributed by atoms with Gasteiger partial charge in [0.2, 0.25) is 0 Å². The Morgan fingerprint density at radius 1 is 1.24 bits per heavy atom. The van der Waals surface area contributed by atoms with Gasteiger partial charge in [0.1, 0.15) is 6.10 Å². The Morgan fingerprint density at radius 2 is 1.94 bits per heavy atom. The van der Waals surface area contributed by atoms with Gasteiger partial charge in [-0.3, -0.25) is 4.79 Å². The van der Waals surface area contributed by atoms with Gasteiger partial charge in [0.05, 0.1) is 19.8 Å². The van der Waals surface area contributed by atoms with Gasteiger partial charge in [0.15, 0.2) is 0 Å². The van der Waals surface area contributed by atoms with E-state index in [1.54, 1.807) is 0 Å². The Kier molecular flexibility index (Phi) is 8.01. The number of esters is 1. The number of epoxide rings is 1. The molecule has 1 aliphatic rings. The number of unbranched alkanes of at least 4 members (excludes halogenated alkanes) is 4. The Bertz CT molecular complexity index is 202. The molecule has 0 bridgehead atoms. The van der Waals surface area contributed by atoms with Crippen molar-refractivity contribution in [1.29, 1.82) is 0 Å². The molecule has 4 nitrogen and oxygen atoms in total. The van der Waals surface area contributed by atoms with Crippen molar-refractivity contribution in [3.8, 4) is 0 Å². The van der Waals surface area contributed by atoms with Crippen LogP contribution in [0.1, 0.15) is 45.4 Å². The maximum Gasteiger partial charge on any atom is 0.305 e. The van der Waals surface area contributed by atoms with Gasteiger partial charge in [0.25, 0.3) is 0 Å². The second-order valence-corrected chi connectivity index (χ2v) is 4.35. The predicted octanol–water partition coefficient (Wildman–Crippen LogP) is 2.31. The maximum atomic E-state index is 11.0. The van der Waals surface area contributed by atoms with E-state index in [1.807, 2.05) is 6.92 Å². The molecule has 0 radical (unpaired) electrons. The Hall–Kier alpha value is -0.610. The van der Waals surface area contributed by atoms with E-state index in [1.165, 1.54) is 12.8 Å². The van der Waals surface area contributed by atoms with E-state index in [-0.39, 0.29) is 5.97 Å². The molecule has 1 atom stereocenters. The number of carbonyl (C=O) groups is 1. The van der Waals surface area contributed by atoms with Gasteiger partial charge in [-0.15, -0.1) is 0 Å². The van der Waals surface area contributed by atoms with Gasteiger partial charge < -0.3 is 14.2 Å². The van der Waals surface area contributed by atoms with Crippen LogP contribution >= 0.6 is 0 Å². The normalized spacial score (nSPS) is 18.1.